The van der Waals surface area contributed by atoms with Crippen molar-refractivity contribution in [2.24, 2.45) is 0 Å². The third kappa shape index (κ3) is 6.24. The first kappa shape index (κ1) is 22.2. The van der Waals surface area contributed by atoms with E-state index in [0.29, 0.717) is 46.9 Å². The van der Waals surface area contributed by atoms with Gasteiger partial charge in [-0.25, -0.2) is 0 Å². The molecule has 1 aromatic carbocycles. The molecule has 0 spiro atoms. The Morgan fingerprint density at radius 2 is 1.89 bits per heavy atom. The second-order valence-electron chi connectivity index (χ2n) is 6.11. The van der Waals surface area contributed by atoms with Crippen LogP contribution in [0.1, 0.15) is 45.1 Å². The van der Waals surface area contributed by atoms with Crippen LogP contribution < -0.4 is 9.47 Å². The Hall–Kier alpha value is -2.06. The molecule has 1 aliphatic heterocycles. The highest BCUT2D eigenvalue weighted by atomic mass is 32.2. The predicted octanol–water partition coefficient (Wildman–Crippen LogP) is 4.33. The van der Waals surface area contributed by atoms with Gasteiger partial charge in [-0.15, -0.1) is 0 Å². The lowest BCUT2D eigenvalue weighted by molar-refractivity contribution is -0.137. The summed E-state index contributed by atoms with van der Waals surface area (Å²) < 4.78 is 11.7. The molecular weight excluding hydrogens is 398 g/mol. The van der Waals surface area contributed by atoms with Crippen molar-refractivity contribution in [1.82, 2.24) is 4.90 Å². The van der Waals surface area contributed by atoms with Crippen LogP contribution in [-0.4, -0.2) is 46.0 Å². The van der Waals surface area contributed by atoms with Crippen LogP contribution >= 0.6 is 24.0 Å². The van der Waals surface area contributed by atoms with Crippen molar-refractivity contribution in [3.63, 3.8) is 0 Å². The number of benzene rings is 1. The summed E-state index contributed by atoms with van der Waals surface area (Å²) in [5, 5.41) is 8.67. The summed E-state index contributed by atoms with van der Waals surface area (Å²) in [6, 6.07) is 5.57. The highest BCUT2D eigenvalue weighted by Crippen LogP contribution is 2.35. The number of nitrogens with zero attached hydrogens (tertiary/aromatic N) is 1. The normalized spacial score (nSPS) is 15.4. The van der Waals surface area contributed by atoms with Crippen molar-refractivity contribution in [2.45, 2.75) is 39.5 Å². The molecule has 0 aliphatic carbocycles. The minimum Gasteiger partial charge on any atom is -0.490 e. The maximum Gasteiger partial charge on any atom is 0.303 e. The Bertz CT molecular complexity index is 763. The zero-order valence-electron chi connectivity index (χ0n) is 16.1. The van der Waals surface area contributed by atoms with Gasteiger partial charge < -0.3 is 14.6 Å². The minimum absolute atomic E-state index is 0.111. The Labute approximate surface area is 174 Å². The smallest absolute Gasteiger partial charge is 0.303 e. The fourth-order valence-corrected chi connectivity index (χ4v) is 4.03. The van der Waals surface area contributed by atoms with E-state index >= 15 is 0 Å². The van der Waals surface area contributed by atoms with Crippen molar-refractivity contribution in [1.29, 1.82) is 0 Å². The van der Waals surface area contributed by atoms with Crippen LogP contribution in [0.5, 0.6) is 11.5 Å². The monoisotopic (exact) mass is 423 g/mol. The number of aliphatic carboxylic acids is 1. The first-order chi connectivity index (χ1) is 13.5. The number of carbonyl (C=O) groups is 2. The molecule has 0 atom stereocenters. The molecule has 0 radical (unpaired) electrons. The first-order valence-electron chi connectivity index (χ1n) is 9.33. The molecule has 8 heteroatoms. The highest BCUT2D eigenvalue weighted by Gasteiger charge is 2.31. The van der Waals surface area contributed by atoms with E-state index in [2.05, 4.69) is 0 Å². The molecule has 1 aromatic rings. The lowest BCUT2D eigenvalue weighted by atomic mass is 10.1. The lowest BCUT2D eigenvalue weighted by Gasteiger charge is -2.14. The summed E-state index contributed by atoms with van der Waals surface area (Å²) in [6.45, 7) is 5.40. The van der Waals surface area contributed by atoms with Crippen LogP contribution in [0.25, 0.3) is 6.08 Å². The number of thiocarbonyl (C=S) groups is 1. The third-order valence-electron chi connectivity index (χ3n) is 4.01. The van der Waals surface area contributed by atoms with Gasteiger partial charge in [-0.3, -0.25) is 14.5 Å². The van der Waals surface area contributed by atoms with E-state index in [4.69, 9.17) is 26.8 Å². The first-order valence-corrected chi connectivity index (χ1v) is 10.6. The van der Waals surface area contributed by atoms with Gasteiger partial charge in [0, 0.05) is 13.0 Å². The molecule has 1 N–H and O–H groups in total. The van der Waals surface area contributed by atoms with Crippen molar-refractivity contribution in [3.05, 3.63) is 28.7 Å². The van der Waals surface area contributed by atoms with E-state index in [1.807, 2.05) is 38.1 Å². The summed E-state index contributed by atoms with van der Waals surface area (Å²) in [5.41, 5.74) is 0.842. The second-order valence-corrected chi connectivity index (χ2v) is 7.79. The van der Waals surface area contributed by atoms with Crippen LogP contribution in [0.15, 0.2) is 23.1 Å². The molecule has 6 nitrogen and oxygen atoms in total. The highest BCUT2D eigenvalue weighted by molar-refractivity contribution is 8.26. The molecule has 0 unspecified atom stereocenters. The van der Waals surface area contributed by atoms with Crippen LogP contribution in [0.4, 0.5) is 0 Å². The molecule has 1 fully saturated rings. The van der Waals surface area contributed by atoms with Gasteiger partial charge in [0.15, 0.2) is 11.5 Å². The van der Waals surface area contributed by atoms with E-state index in [1.165, 1.54) is 11.8 Å². The fraction of sp³-hybridized carbons (Fsp3) is 0.450. The number of carboxylic acid groups (broad SMARTS) is 1. The summed E-state index contributed by atoms with van der Waals surface area (Å²) >= 11 is 6.62. The number of hydrogen-bond acceptors (Lipinski definition) is 6. The van der Waals surface area contributed by atoms with Crippen molar-refractivity contribution in [2.75, 3.05) is 19.8 Å². The van der Waals surface area contributed by atoms with Gasteiger partial charge in [0.1, 0.15) is 4.32 Å². The standard InChI is InChI=1S/C20H25NO5S2/c1-3-25-15-10-9-14(12-16(15)26-4-2)13-17-19(24)21(20(27)28-17)11-7-5-6-8-18(22)23/h9-10,12-13H,3-8,11H2,1-2H3,(H,22,23)/b17-13-. The Balaban J connectivity index is 2.04. The molecule has 1 aliphatic rings. The van der Waals surface area contributed by atoms with Gasteiger partial charge >= 0.3 is 5.97 Å². The van der Waals surface area contributed by atoms with Crippen molar-refractivity contribution >= 4 is 46.3 Å². The van der Waals surface area contributed by atoms with E-state index in [0.717, 1.165) is 18.4 Å². The Kier molecular flexibility index (Phi) is 8.79. The predicted molar refractivity (Wildman–Crippen MR) is 115 cm³/mol. The second kappa shape index (κ2) is 11.1. The van der Waals surface area contributed by atoms with Gasteiger partial charge in [0.25, 0.3) is 5.91 Å². The van der Waals surface area contributed by atoms with E-state index in [9.17, 15) is 9.59 Å². The molecular formula is C20H25NO5S2. The minimum atomic E-state index is -0.796. The average molecular weight is 424 g/mol. The topological polar surface area (TPSA) is 76.1 Å². The number of thioether (sulfide) groups is 1. The number of rotatable bonds is 11. The van der Waals surface area contributed by atoms with Gasteiger partial charge in [-0.05, 0) is 50.5 Å². The molecule has 0 aromatic heterocycles. The average Bonchev–Trinajstić information content (AvgIpc) is 2.91. The van der Waals surface area contributed by atoms with Crippen molar-refractivity contribution < 1.29 is 24.2 Å². The van der Waals surface area contributed by atoms with Gasteiger partial charge in [-0.2, -0.15) is 0 Å². The molecule has 1 saturated heterocycles. The maximum absolute atomic E-state index is 12.7. The lowest BCUT2D eigenvalue weighted by Crippen LogP contribution is -2.29. The molecule has 2 rings (SSSR count). The molecule has 0 bridgehead atoms. The molecule has 152 valence electrons. The molecule has 1 amide bonds. The number of carbonyl (C=O) groups excluding carboxylic acids is 1. The summed E-state index contributed by atoms with van der Waals surface area (Å²) in [5.74, 6) is 0.415. The maximum atomic E-state index is 12.7. The molecule has 0 saturated carbocycles. The summed E-state index contributed by atoms with van der Waals surface area (Å²) in [7, 11) is 0. The van der Waals surface area contributed by atoms with E-state index < -0.39 is 5.97 Å². The quantitative estimate of drug-likeness (QED) is 0.322. The van der Waals surface area contributed by atoms with E-state index in [-0.39, 0.29) is 12.3 Å². The van der Waals surface area contributed by atoms with E-state index in [1.54, 1.807) is 4.90 Å². The van der Waals surface area contributed by atoms with Gasteiger partial charge in [-0.1, -0.05) is 36.5 Å². The van der Waals surface area contributed by atoms with Gasteiger partial charge in [0.05, 0.1) is 18.1 Å². The zero-order chi connectivity index (χ0) is 20.5. The largest absolute Gasteiger partial charge is 0.490 e. The van der Waals surface area contributed by atoms with Crippen molar-refractivity contribution in [3.8, 4) is 11.5 Å². The number of unbranched alkanes of at least 4 members (excludes halogenated alkanes) is 2. The Morgan fingerprint density at radius 3 is 2.57 bits per heavy atom. The number of ether oxygens (including phenoxy) is 2. The summed E-state index contributed by atoms with van der Waals surface area (Å²) in [4.78, 5) is 25.4. The van der Waals surface area contributed by atoms with Crippen LogP contribution in [0.3, 0.4) is 0 Å². The Morgan fingerprint density at radius 1 is 1.18 bits per heavy atom. The summed E-state index contributed by atoms with van der Waals surface area (Å²) in [6.07, 6.45) is 4.04. The van der Waals surface area contributed by atoms with Gasteiger partial charge in [0.2, 0.25) is 0 Å². The molecule has 1 heterocycles. The van der Waals surface area contributed by atoms with Crippen LogP contribution in [-0.2, 0) is 9.59 Å². The van der Waals surface area contributed by atoms with Crippen LogP contribution in [0.2, 0.25) is 0 Å². The van der Waals surface area contributed by atoms with Crippen LogP contribution in [0, 0.1) is 0 Å². The third-order valence-corrected chi connectivity index (χ3v) is 5.39. The number of carboxylic acids is 1. The number of amides is 1. The molecule has 28 heavy (non-hydrogen) atoms. The SMILES string of the molecule is CCOc1ccc(/C=C2\SC(=S)N(CCCCCC(=O)O)C2=O)cc1OCC. The number of hydrogen-bond donors (Lipinski definition) is 1. The fourth-order valence-electron chi connectivity index (χ4n) is 2.72. The zero-order valence-corrected chi connectivity index (χ0v) is 17.7.